The van der Waals surface area contributed by atoms with Crippen LogP contribution in [-0.4, -0.2) is 36.1 Å². The number of rotatable bonds is 6. The largest absolute Gasteiger partial charge is 0.317 e. The number of pyridine rings is 1. The van der Waals surface area contributed by atoms with Crippen LogP contribution in [-0.2, 0) is 6.54 Å². The van der Waals surface area contributed by atoms with E-state index in [9.17, 15) is 0 Å². The molecule has 0 radical (unpaired) electrons. The molecule has 1 N–H and O–H groups in total. The van der Waals surface area contributed by atoms with E-state index >= 15 is 0 Å². The van der Waals surface area contributed by atoms with Gasteiger partial charge in [-0.1, -0.05) is 13.0 Å². The second-order valence-electron chi connectivity index (χ2n) is 5.29. The van der Waals surface area contributed by atoms with Crippen LogP contribution >= 0.6 is 0 Å². The Balaban J connectivity index is 1.86. The number of hydrogen-bond acceptors (Lipinski definition) is 3. The Hall–Kier alpha value is -0.930. The van der Waals surface area contributed by atoms with Gasteiger partial charge in [-0.3, -0.25) is 9.88 Å². The summed E-state index contributed by atoms with van der Waals surface area (Å²) in [7, 11) is 0. The number of nitrogens with zero attached hydrogens (tertiary/aromatic N) is 2. The van der Waals surface area contributed by atoms with Crippen LogP contribution in [0.15, 0.2) is 24.5 Å². The molecule has 1 aromatic heterocycles. The molecular formula is C15H25N3. The van der Waals surface area contributed by atoms with Crippen LogP contribution in [0.3, 0.4) is 0 Å². The molecule has 0 bridgehead atoms. The average molecular weight is 247 g/mol. The zero-order valence-electron chi connectivity index (χ0n) is 11.4. The first kappa shape index (κ1) is 13.5. The molecule has 100 valence electrons. The van der Waals surface area contributed by atoms with E-state index in [1.54, 1.807) is 0 Å². The van der Waals surface area contributed by atoms with E-state index in [0.717, 1.165) is 12.5 Å². The summed E-state index contributed by atoms with van der Waals surface area (Å²) in [5, 5.41) is 3.44. The molecule has 1 fully saturated rings. The first-order chi connectivity index (χ1) is 8.88. The van der Waals surface area contributed by atoms with Crippen LogP contribution in [0.2, 0.25) is 0 Å². The molecule has 0 aliphatic carbocycles. The van der Waals surface area contributed by atoms with Gasteiger partial charge in [0.25, 0.3) is 0 Å². The van der Waals surface area contributed by atoms with Gasteiger partial charge >= 0.3 is 0 Å². The normalized spacial score (nSPS) is 17.2. The van der Waals surface area contributed by atoms with E-state index in [0.29, 0.717) is 0 Å². The van der Waals surface area contributed by atoms with Gasteiger partial charge in [-0.05, 0) is 56.4 Å². The van der Waals surface area contributed by atoms with Gasteiger partial charge in [-0.15, -0.1) is 0 Å². The van der Waals surface area contributed by atoms with Crippen LogP contribution in [0, 0.1) is 5.92 Å². The highest BCUT2D eigenvalue weighted by atomic mass is 15.1. The molecule has 0 unspecified atom stereocenters. The predicted octanol–water partition coefficient (Wildman–Crippen LogP) is 2.29. The predicted molar refractivity (Wildman–Crippen MR) is 75.4 cm³/mol. The first-order valence-electron chi connectivity index (χ1n) is 7.20. The minimum absolute atomic E-state index is 0.870. The second kappa shape index (κ2) is 7.49. The first-order valence-corrected chi connectivity index (χ1v) is 7.20. The fraction of sp³-hybridized carbons (Fsp3) is 0.667. The van der Waals surface area contributed by atoms with Crippen molar-refractivity contribution in [2.24, 2.45) is 5.92 Å². The van der Waals surface area contributed by atoms with Gasteiger partial charge in [0.2, 0.25) is 0 Å². The van der Waals surface area contributed by atoms with Crippen LogP contribution < -0.4 is 5.32 Å². The number of hydrogen-bond donors (Lipinski definition) is 1. The van der Waals surface area contributed by atoms with E-state index in [1.165, 1.54) is 51.0 Å². The van der Waals surface area contributed by atoms with Crippen molar-refractivity contribution in [1.29, 1.82) is 0 Å². The number of piperidine rings is 1. The molecule has 18 heavy (non-hydrogen) atoms. The van der Waals surface area contributed by atoms with Gasteiger partial charge in [-0.25, -0.2) is 0 Å². The third-order valence-electron chi connectivity index (χ3n) is 3.64. The van der Waals surface area contributed by atoms with Crippen molar-refractivity contribution in [1.82, 2.24) is 15.2 Å². The Morgan fingerprint density at radius 1 is 1.39 bits per heavy atom. The zero-order valence-corrected chi connectivity index (χ0v) is 11.4. The van der Waals surface area contributed by atoms with Gasteiger partial charge in [0.1, 0.15) is 0 Å². The fourth-order valence-corrected chi connectivity index (χ4v) is 2.73. The number of nitrogens with one attached hydrogen (secondary N) is 1. The van der Waals surface area contributed by atoms with E-state index in [1.807, 2.05) is 18.5 Å². The molecule has 0 saturated carbocycles. The molecule has 3 heteroatoms. The molecular weight excluding hydrogens is 222 g/mol. The minimum Gasteiger partial charge on any atom is -0.317 e. The van der Waals surface area contributed by atoms with Crippen molar-refractivity contribution in [2.45, 2.75) is 32.7 Å². The molecule has 0 aromatic carbocycles. The maximum atomic E-state index is 4.21. The molecule has 1 aliphatic heterocycles. The van der Waals surface area contributed by atoms with Gasteiger partial charge in [-0.2, -0.15) is 0 Å². The zero-order chi connectivity index (χ0) is 12.6. The molecule has 2 heterocycles. The molecule has 0 spiro atoms. The Morgan fingerprint density at radius 2 is 2.22 bits per heavy atom. The van der Waals surface area contributed by atoms with E-state index in [2.05, 4.69) is 28.2 Å². The second-order valence-corrected chi connectivity index (χ2v) is 5.29. The summed E-state index contributed by atoms with van der Waals surface area (Å²) in [5.74, 6) is 0.870. The molecule has 3 nitrogen and oxygen atoms in total. The maximum absolute atomic E-state index is 4.21. The molecule has 0 atom stereocenters. The van der Waals surface area contributed by atoms with Crippen molar-refractivity contribution >= 4 is 0 Å². The molecule has 1 aromatic rings. The maximum Gasteiger partial charge on any atom is 0.0312 e. The Labute approximate surface area is 111 Å². The van der Waals surface area contributed by atoms with Crippen molar-refractivity contribution in [3.8, 4) is 0 Å². The molecule has 1 saturated heterocycles. The number of aromatic nitrogens is 1. The van der Waals surface area contributed by atoms with Crippen molar-refractivity contribution in [3.63, 3.8) is 0 Å². The molecule has 1 aliphatic rings. The topological polar surface area (TPSA) is 28.2 Å². The monoisotopic (exact) mass is 247 g/mol. The van der Waals surface area contributed by atoms with Crippen LogP contribution in [0.25, 0.3) is 0 Å². The van der Waals surface area contributed by atoms with Crippen molar-refractivity contribution in [2.75, 3.05) is 26.2 Å². The highest BCUT2D eigenvalue weighted by Gasteiger charge is 2.16. The Bertz CT molecular complexity index is 320. The lowest BCUT2D eigenvalue weighted by Crippen LogP contribution is -2.36. The smallest absolute Gasteiger partial charge is 0.0312 e. The lowest BCUT2D eigenvalue weighted by atomic mass is 9.97. The van der Waals surface area contributed by atoms with E-state index in [-0.39, 0.29) is 0 Å². The third kappa shape index (κ3) is 4.39. The summed E-state index contributed by atoms with van der Waals surface area (Å²) in [6, 6.07) is 4.21. The van der Waals surface area contributed by atoms with Crippen LogP contribution in [0.1, 0.15) is 31.7 Å². The summed E-state index contributed by atoms with van der Waals surface area (Å²) >= 11 is 0. The highest BCUT2D eigenvalue weighted by molar-refractivity contribution is 5.08. The van der Waals surface area contributed by atoms with Gasteiger partial charge in [0.15, 0.2) is 0 Å². The molecule has 2 rings (SSSR count). The van der Waals surface area contributed by atoms with Gasteiger partial charge in [0, 0.05) is 25.5 Å². The average Bonchev–Trinajstić information content (AvgIpc) is 2.41. The Morgan fingerprint density at radius 3 is 2.89 bits per heavy atom. The SMILES string of the molecule is CCCN(Cc1cccnc1)CC1CCNCC1. The Kier molecular flexibility index (Phi) is 5.62. The summed E-state index contributed by atoms with van der Waals surface area (Å²) in [6.45, 7) is 8.13. The lowest BCUT2D eigenvalue weighted by molar-refractivity contribution is 0.198. The van der Waals surface area contributed by atoms with Gasteiger partial charge < -0.3 is 5.32 Å². The van der Waals surface area contributed by atoms with Crippen LogP contribution in [0.4, 0.5) is 0 Å². The highest BCUT2D eigenvalue weighted by Crippen LogP contribution is 2.15. The molecule has 0 amide bonds. The third-order valence-corrected chi connectivity index (χ3v) is 3.64. The summed E-state index contributed by atoms with van der Waals surface area (Å²) in [6.07, 6.45) is 7.72. The summed E-state index contributed by atoms with van der Waals surface area (Å²) < 4.78 is 0. The van der Waals surface area contributed by atoms with Gasteiger partial charge in [0.05, 0.1) is 0 Å². The fourth-order valence-electron chi connectivity index (χ4n) is 2.73. The van der Waals surface area contributed by atoms with Crippen molar-refractivity contribution in [3.05, 3.63) is 30.1 Å². The minimum atomic E-state index is 0.870. The quantitative estimate of drug-likeness (QED) is 0.836. The van der Waals surface area contributed by atoms with Crippen LogP contribution in [0.5, 0.6) is 0 Å². The summed E-state index contributed by atoms with van der Waals surface area (Å²) in [4.78, 5) is 6.80. The van der Waals surface area contributed by atoms with Crippen molar-refractivity contribution < 1.29 is 0 Å². The standard InChI is InChI=1S/C15H25N3/c1-2-10-18(12-14-5-8-16-9-6-14)13-15-4-3-7-17-11-15/h3-4,7,11,14,16H,2,5-6,8-10,12-13H2,1H3. The lowest BCUT2D eigenvalue weighted by Gasteiger charge is -2.29. The van der Waals surface area contributed by atoms with E-state index < -0.39 is 0 Å². The van der Waals surface area contributed by atoms with E-state index in [4.69, 9.17) is 0 Å². The summed E-state index contributed by atoms with van der Waals surface area (Å²) in [5.41, 5.74) is 1.33.